The Morgan fingerprint density at radius 3 is 2.74 bits per heavy atom. The van der Waals surface area contributed by atoms with Crippen molar-refractivity contribution in [2.45, 2.75) is 32.0 Å². The van der Waals surface area contributed by atoms with Crippen LogP contribution in [0.4, 0.5) is 19.0 Å². The molecule has 1 amide bonds. The van der Waals surface area contributed by atoms with Gasteiger partial charge in [0, 0.05) is 31.0 Å². The molecule has 0 radical (unpaired) electrons. The van der Waals surface area contributed by atoms with E-state index in [1.807, 2.05) is 6.92 Å². The minimum Gasteiger partial charge on any atom is -0.366 e. The number of nitrogens with one attached hydrogen (secondary N) is 1. The minimum absolute atomic E-state index is 0.129. The van der Waals surface area contributed by atoms with Gasteiger partial charge in [-0.05, 0) is 44.0 Å². The van der Waals surface area contributed by atoms with E-state index in [4.69, 9.17) is 0 Å². The van der Waals surface area contributed by atoms with Gasteiger partial charge in [0.05, 0.1) is 23.5 Å². The number of rotatable bonds is 4. The fourth-order valence-corrected chi connectivity index (χ4v) is 3.51. The van der Waals surface area contributed by atoms with Gasteiger partial charge in [-0.3, -0.25) is 4.79 Å². The first-order valence-corrected chi connectivity index (χ1v) is 9.74. The van der Waals surface area contributed by atoms with Gasteiger partial charge in [-0.1, -0.05) is 5.21 Å². The van der Waals surface area contributed by atoms with Crippen molar-refractivity contribution in [1.82, 2.24) is 29.9 Å². The number of amides is 1. The van der Waals surface area contributed by atoms with Crippen molar-refractivity contribution in [1.29, 1.82) is 0 Å². The predicted molar refractivity (Wildman–Crippen MR) is 106 cm³/mol. The Hall–Kier alpha value is -3.50. The Labute approximate surface area is 176 Å². The molecular formula is C20H20F3N7O. The maximum absolute atomic E-state index is 13.2. The van der Waals surface area contributed by atoms with Crippen LogP contribution in [0, 0.1) is 6.92 Å². The Bertz CT molecular complexity index is 1050. The quantitative estimate of drug-likeness (QED) is 0.683. The van der Waals surface area contributed by atoms with Crippen LogP contribution in [0.1, 0.15) is 34.5 Å². The number of hydrogen-bond acceptors (Lipinski definition) is 6. The number of anilines is 1. The molecule has 4 heterocycles. The molecule has 162 valence electrons. The van der Waals surface area contributed by atoms with Crippen LogP contribution in [0.15, 0.2) is 42.9 Å². The Morgan fingerprint density at radius 1 is 1.23 bits per heavy atom. The highest BCUT2D eigenvalue weighted by Gasteiger charge is 2.31. The smallest absolute Gasteiger partial charge is 0.366 e. The maximum atomic E-state index is 13.2. The van der Waals surface area contributed by atoms with E-state index < -0.39 is 11.7 Å². The molecule has 0 unspecified atom stereocenters. The number of nitrogens with zero attached hydrogens (tertiary/aromatic N) is 6. The van der Waals surface area contributed by atoms with E-state index in [0.717, 1.165) is 30.8 Å². The average molecular weight is 431 g/mol. The summed E-state index contributed by atoms with van der Waals surface area (Å²) in [7, 11) is 0. The van der Waals surface area contributed by atoms with E-state index in [2.05, 4.69) is 25.6 Å². The molecule has 4 rings (SSSR count). The monoisotopic (exact) mass is 431 g/mol. The Morgan fingerprint density at radius 2 is 2.06 bits per heavy atom. The Balaban J connectivity index is 1.49. The van der Waals surface area contributed by atoms with Gasteiger partial charge in [0.2, 0.25) is 0 Å². The van der Waals surface area contributed by atoms with Gasteiger partial charge in [0.1, 0.15) is 5.82 Å². The van der Waals surface area contributed by atoms with Crippen molar-refractivity contribution in [3.63, 3.8) is 0 Å². The Kier molecular flexibility index (Phi) is 5.57. The number of piperidine rings is 1. The van der Waals surface area contributed by atoms with Crippen molar-refractivity contribution in [2.24, 2.45) is 0 Å². The van der Waals surface area contributed by atoms with Crippen LogP contribution in [-0.4, -0.2) is 54.9 Å². The van der Waals surface area contributed by atoms with Crippen molar-refractivity contribution >= 4 is 11.7 Å². The zero-order valence-electron chi connectivity index (χ0n) is 16.7. The zero-order valence-corrected chi connectivity index (χ0v) is 16.7. The van der Waals surface area contributed by atoms with E-state index in [1.54, 1.807) is 23.2 Å². The number of carbonyl (C=O) groups excluding carboxylic acids is 1. The first-order valence-electron chi connectivity index (χ1n) is 9.74. The number of aromatic nitrogens is 5. The molecule has 8 nitrogen and oxygen atoms in total. The average Bonchev–Trinajstić information content (AvgIpc) is 3.28. The molecule has 11 heteroatoms. The number of aryl methyl sites for hydroxylation is 1. The topological polar surface area (TPSA) is 88.8 Å². The van der Waals surface area contributed by atoms with Crippen molar-refractivity contribution in [3.8, 4) is 5.82 Å². The van der Waals surface area contributed by atoms with Gasteiger partial charge in [-0.2, -0.15) is 13.2 Å². The van der Waals surface area contributed by atoms with Gasteiger partial charge in [0.15, 0.2) is 5.82 Å². The van der Waals surface area contributed by atoms with Gasteiger partial charge >= 0.3 is 6.18 Å². The molecule has 1 aliphatic heterocycles. The highest BCUT2D eigenvalue weighted by atomic mass is 19.4. The lowest BCUT2D eigenvalue weighted by Crippen LogP contribution is -2.45. The van der Waals surface area contributed by atoms with Crippen LogP contribution in [0.3, 0.4) is 0 Å². The largest absolute Gasteiger partial charge is 0.417 e. The van der Waals surface area contributed by atoms with Gasteiger partial charge in [0.25, 0.3) is 5.91 Å². The van der Waals surface area contributed by atoms with Crippen LogP contribution in [-0.2, 0) is 6.18 Å². The third-order valence-electron chi connectivity index (χ3n) is 5.04. The molecule has 3 aromatic rings. The van der Waals surface area contributed by atoms with E-state index in [1.165, 1.54) is 16.9 Å². The van der Waals surface area contributed by atoms with Crippen molar-refractivity contribution < 1.29 is 18.0 Å². The van der Waals surface area contributed by atoms with Gasteiger partial charge in [-0.15, -0.1) is 5.10 Å². The summed E-state index contributed by atoms with van der Waals surface area (Å²) in [6.45, 7) is 2.79. The molecule has 0 aliphatic carbocycles. The SMILES string of the molecule is Cc1ccc(C(=O)N2CCC[C@@H](Nc3ccc(C(F)(F)F)cn3)C2)c(-n2ccnn2)n1. The van der Waals surface area contributed by atoms with Crippen LogP contribution in [0.2, 0.25) is 0 Å². The second-order valence-corrected chi connectivity index (χ2v) is 7.34. The molecule has 1 fully saturated rings. The second kappa shape index (κ2) is 8.32. The molecular weight excluding hydrogens is 411 g/mol. The molecule has 1 N–H and O–H groups in total. The number of hydrogen-bond donors (Lipinski definition) is 1. The van der Waals surface area contributed by atoms with E-state index in [9.17, 15) is 18.0 Å². The standard InChI is InChI=1S/C20H20F3N7O/c1-13-4-6-16(18(26-13)30-10-8-25-28-30)19(31)29-9-2-3-15(12-29)27-17-7-5-14(11-24-17)20(21,22)23/h4-8,10-11,15H,2-3,9,12H2,1H3,(H,24,27)/t15-/m1/s1. The van der Waals surface area contributed by atoms with Crippen molar-refractivity contribution in [3.05, 3.63) is 59.7 Å². The maximum Gasteiger partial charge on any atom is 0.417 e. The first kappa shape index (κ1) is 20.8. The summed E-state index contributed by atoms with van der Waals surface area (Å²) in [4.78, 5) is 23.2. The first-order chi connectivity index (χ1) is 14.8. The lowest BCUT2D eigenvalue weighted by atomic mass is 10.0. The van der Waals surface area contributed by atoms with Gasteiger partial charge in [-0.25, -0.2) is 14.6 Å². The number of alkyl halides is 3. The summed E-state index contributed by atoms with van der Waals surface area (Å²) in [5.74, 6) is 0.555. The molecule has 1 atom stereocenters. The fourth-order valence-electron chi connectivity index (χ4n) is 3.51. The lowest BCUT2D eigenvalue weighted by molar-refractivity contribution is -0.137. The number of halogens is 3. The number of pyridine rings is 2. The van der Waals surface area contributed by atoms with Gasteiger partial charge < -0.3 is 10.2 Å². The fraction of sp³-hybridized carbons (Fsp3) is 0.350. The third-order valence-corrected chi connectivity index (χ3v) is 5.04. The lowest BCUT2D eigenvalue weighted by Gasteiger charge is -2.33. The number of carbonyl (C=O) groups is 1. The van der Waals surface area contributed by atoms with Crippen LogP contribution < -0.4 is 5.32 Å². The normalized spacial score (nSPS) is 16.9. The summed E-state index contributed by atoms with van der Waals surface area (Å²) >= 11 is 0. The summed E-state index contributed by atoms with van der Waals surface area (Å²) < 4.78 is 39.6. The van der Waals surface area contributed by atoms with E-state index in [0.29, 0.717) is 30.3 Å². The van der Waals surface area contributed by atoms with Crippen LogP contribution in [0.25, 0.3) is 5.82 Å². The van der Waals surface area contributed by atoms with Crippen LogP contribution >= 0.6 is 0 Å². The zero-order chi connectivity index (χ0) is 22.0. The molecule has 1 saturated heterocycles. The minimum atomic E-state index is -4.43. The highest BCUT2D eigenvalue weighted by molar-refractivity contribution is 5.97. The van der Waals surface area contributed by atoms with E-state index in [-0.39, 0.29) is 11.9 Å². The second-order valence-electron chi connectivity index (χ2n) is 7.34. The highest BCUT2D eigenvalue weighted by Crippen LogP contribution is 2.29. The summed E-state index contributed by atoms with van der Waals surface area (Å²) in [5, 5.41) is 10.9. The predicted octanol–water partition coefficient (Wildman–Crippen LogP) is 3.10. The summed E-state index contributed by atoms with van der Waals surface area (Å²) in [6.07, 6.45) is 1.03. The third kappa shape index (κ3) is 4.65. The molecule has 31 heavy (non-hydrogen) atoms. The molecule has 0 bridgehead atoms. The summed E-state index contributed by atoms with van der Waals surface area (Å²) in [5.41, 5.74) is 0.351. The molecule has 3 aromatic heterocycles. The molecule has 0 saturated carbocycles. The van der Waals surface area contributed by atoms with Crippen LogP contribution in [0.5, 0.6) is 0 Å². The molecule has 1 aliphatic rings. The summed E-state index contributed by atoms with van der Waals surface area (Å²) in [6, 6.07) is 5.64. The van der Waals surface area contributed by atoms with Crippen molar-refractivity contribution in [2.75, 3.05) is 18.4 Å². The van der Waals surface area contributed by atoms with E-state index >= 15 is 0 Å². The molecule has 0 aromatic carbocycles. The molecule has 0 spiro atoms. The number of likely N-dealkylation sites (tertiary alicyclic amines) is 1.